The third-order valence-electron chi connectivity index (χ3n) is 5.25. The van der Waals surface area contributed by atoms with Crippen LogP contribution in [-0.4, -0.2) is 43.0 Å². The quantitative estimate of drug-likeness (QED) is 0.531. The highest BCUT2D eigenvalue weighted by Crippen LogP contribution is 2.35. The van der Waals surface area contributed by atoms with Gasteiger partial charge < -0.3 is 19.5 Å². The number of methoxy groups -OCH3 is 3. The van der Waals surface area contributed by atoms with E-state index >= 15 is 0 Å². The lowest BCUT2D eigenvalue weighted by molar-refractivity contribution is -0.137. The van der Waals surface area contributed by atoms with Crippen molar-refractivity contribution in [1.29, 1.82) is 0 Å². The molecule has 2 amide bonds. The molecule has 168 valence electrons. The second-order valence-corrected chi connectivity index (χ2v) is 7.19. The summed E-state index contributed by atoms with van der Waals surface area (Å²) in [7, 11) is 4.64. The molecular weight excluding hydrogens is 422 g/mol. The summed E-state index contributed by atoms with van der Waals surface area (Å²) in [6.45, 7) is 0.0648. The second kappa shape index (κ2) is 9.44. The van der Waals surface area contributed by atoms with Gasteiger partial charge in [-0.1, -0.05) is 18.2 Å². The minimum absolute atomic E-state index is 0.0648. The maximum atomic E-state index is 13.4. The summed E-state index contributed by atoms with van der Waals surface area (Å²) < 4.78 is 15.9. The van der Waals surface area contributed by atoms with E-state index in [4.69, 9.17) is 14.2 Å². The smallest absolute Gasteiger partial charge is 0.278 e. The normalized spacial score (nSPS) is 13.4. The molecule has 0 fully saturated rings. The van der Waals surface area contributed by atoms with E-state index in [2.05, 4.69) is 10.3 Å². The van der Waals surface area contributed by atoms with Crippen molar-refractivity contribution in [1.82, 2.24) is 9.88 Å². The molecule has 1 aliphatic heterocycles. The summed E-state index contributed by atoms with van der Waals surface area (Å²) >= 11 is 0. The maximum absolute atomic E-state index is 13.4. The fourth-order valence-corrected chi connectivity index (χ4v) is 3.57. The van der Waals surface area contributed by atoms with Gasteiger partial charge in [0.1, 0.15) is 11.4 Å². The van der Waals surface area contributed by atoms with E-state index in [1.165, 1.54) is 12.0 Å². The molecule has 8 nitrogen and oxygen atoms in total. The number of nitrogens with zero attached hydrogens (tertiary/aromatic N) is 2. The van der Waals surface area contributed by atoms with Gasteiger partial charge in [-0.15, -0.1) is 0 Å². The highest BCUT2D eigenvalue weighted by molar-refractivity contribution is 6.36. The molecule has 2 aromatic carbocycles. The Hall–Kier alpha value is -4.33. The number of imide groups is 1. The Bertz CT molecular complexity index is 1210. The van der Waals surface area contributed by atoms with Gasteiger partial charge in [0.25, 0.3) is 11.8 Å². The van der Waals surface area contributed by atoms with Crippen LogP contribution < -0.4 is 19.5 Å². The van der Waals surface area contributed by atoms with Crippen molar-refractivity contribution in [3.05, 3.63) is 83.8 Å². The molecule has 0 spiro atoms. The van der Waals surface area contributed by atoms with Crippen molar-refractivity contribution in [2.75, 3.05) is 26.6 Å². The SMILES string of the molecule is COc1ccc(C2=C(Nc3ccc(OC)c(OC)c3)C(=O)N(Cc3ccccn3)C2=O)cc1. The van der Waals surface area contributed by atoms with Gasteiger partial charge in [0, 0.05) is 18.0 Å². The number of hydrogen-bond donors (Lipinski definition) is 1. The van der Waals surface area contributed by atoms with Gasteiger partial charge >= 0.3 is 0 Å². The summed E-state index contributed by atoms with van der Waals surface area (Å²) in [6.07, 6.45) is 1.63. The van der Waals surface area contributed by atoms with Crippen LogP contribution in [0.3, 0.4) is 0 Å². The fraction of sp³-hybridized carbons (Fsp3) is 0.160. The van der Waals surface area contributed by atoms with Crippen LogP contribution in [0, 0.1) is 0 Å². The molecule has 0 aliphatic carbocycles. The molecule has 3 aromatic rings. The Kier molecular flexibility index (Phi) is 6.26. The number of pyridine rings is 1. The Morgan fingerprint density at radius 1 is 0.848 bits per heavy atom. The summed E-state index contributed by atoms with van der Waals surface area (Å²) in [6, 6.07) is 17.5. The lowest BCUT2D eigenvalue weighted by Crippen LogP contribution is -2.32. The molecule has 2 heterocycles. The Morgan fingerprint density at radius 2 is 1.61 bits per heavy atom. The molecule has 1 aromatic heterocycles. The third kappa shape index (κ3) is 4.36. The minimum atomic E-state index is -0.439. The number of aromatic nitrogens is 1. The van der Waals surface area contributed by atoms with Crippen molar-refractivity contribution >= 4 is 23.1 Å². The topological polar surface area (TPSA) is 90.0 Å². The standard InChI is InChI=1S/C25H23N3O5/c1-31-19-10-7-16(8-11-19)22-23(27-17-9-12-20(32-2)21(14-17)33-3)25(30)28(24(22)29)15-18-6-4-5-13-26-18/h4-14,27H,15H2,1-3H3. The minimum Gasteiger partial charge on any atom is -0.497 e. The van der Waals surface area contributed by atoms with E-state index in [1.54, 1.807) is 75.0 Å². The number of hydrogen-bond acceptors (Lipinski definition) is 7. The molecule has 1 N–H and O–H groups in total. The molecule has 0 unspecified atom stereocenters. The molecule has 4 rings (SSSR count). The monoisotopic (exact) mass is 445 g/mol. The van der Waals surface area contributed by atoms with Gasteiger partial charge in [-0.25, -0.2) is 0 Å². The lowest BCUT2D eigenvalue weighted by Gasteiger charge is -2.15. The van der Waals surface area contributed by atoms with E-state index in [1.807, 2.05) is 6.07 Å². The summed E-state index contributed by atoms with van der Waals surface area (Å²) in [5.74, 6) is 0.857. The van der Waals surface area contributed by atoms with Gasteiger partial charge in [0.15, 0.2) is 11.5 Å². The average Bonchev–Trinajstić information content (AvgIpc) is 3.08. The predicted molar refractivity (Wildman–Crippen MR) is 123 cm³/mol. The molecular formula is C25H23N3O5. The van der Waals surface area contributed by atoms with Crippen LogP contribution in [0.5, 0.6) is 17.2 Å². The Morgan fingerprint density at radius 3 is 2.24 bits per heavy atom. The van der Waals surface area contributed by atoms with Gasteiger partial charge in [0.05, 0.1) is 39.1 Å². The van der Waals surface area contributed by atoms with E-state index in [0.29, 0.717) is 34.2 Å². The van der Waals surface area contributed by atoms with Crippen molar-refractivity contribution in [2.45, 2.75) is 6.54 Å². The number of carbonyl (C=O) groups excluding carboxylic acids is 2. The number of amides is 2. The number of rotatable bonds is 8. The van der Waals surface area contributed by atoms with Crippen LogP contribution in [0.1, 0.15) is 11.3 Å². The molecule has 0 bridgehead atoms. The van der Waals surface area contributed by atoms with E-state index in [0.717, 1.165) is 0 Å². The van der Waals surface area contributed by atoms with Crippen molar-refractivity contribution in [2.24, 2.45) is 0 Å². The van der Waals surface area contributed by atoms with E-state index in [9.17, 15) is 9.59 Å². The van der Waals surface area contributed by atoms with E-state index < -0.39 is 11.8 Å². The summed E-state index contributed by atoms with van der Waals surface area (Å²) in [4.78, 5) is 32.2. The van der Waals surface area contributed by atoms with Crippen molar-refractivity contribution < 1.29 is 23.8 Å². The lowest BCUT2D eigenvalue weighted by atomic mass is 10.0. The number of anilines is 1. The van der Waals surface area contributed by atoms with Gasteiger partial charge in [-0.05, 0) is 42.0 Å². The van der Waals surface area contributed by atoms with Gasteiger partial charge in [-0.3, -0.25) is 19.5 Å². The second-order valence-electron chi connectivity index (χ2n) is 7.19. The number of nitrogens with one attached hydrogen (secondary N) is 1. The highest BCUT2D eigenvalue weighted by Gasteiger charge is 2.39. The number of carbonyl (C=O) groups is 2. The predicted octanol–water partition coefficient (Wildman–Crippen LogP) is 3.50. The summed E-state index contributed by atoms with van der Waals surface area (Å²) in [5.41, 5.74) is 2.23. The van der Waals surface area contributed by atoms with Crippen LogP contribution in [0.15, 0.2) is 72.6 Å². The highest BCUT2D eigenvalue weighted by atomic mass is 16.5. The van der Waals surface area contributed by atoms with Crippen LogP contribution in [0.4, 0.5) is 5.69 Å². The first-order valence-electron chi connectivity index (χ1n) is 10.2. The zero-order valence-electron chi connectivity index (χ0n) is 18.5. The van der Waals surface area contributed by atoms with Gasteiger partial charge in [-0.2, -0.15) is 0 Å². The first-order valence-corrected chi connectivity index (χ1v) is 10.2. The first-order chi connectivity index (χ1) is 16.0. The number of benzene rings is 2. The third-order valence-corrected chi connectivity index (χ3v) is 5.25. The molecule has 8 heteroatoms. The zero-order valence-corrected chi connectivity index (χ0v) is 18.5. The first kappa shape index (κ1) is 21.9. The van der Waals surface area contributed by atoms with Crippen LogP contribution in [0.25, 0.3) is 5.57 Å². The van der Waals surface area contributed by atoms with Gasteiger partial charge in [0.2, 0.25) is 0 Å². The van der Waals surface area contributed by atoms with Crippen LogP contribution in [0.2, 0.25) is 0 Å². The summed E-state index contributed by atoms with van der Waals surface area (Å²) in [5, 5.41) is 3.12. The average molecular weight is 445 g/mol. The molecule has 1 aliphatic rings. The van der Waals surface area contributed by atoms with E-state index in [-0.39, 0.29) is 17.8 Å². The largest absolute Gasteiger partial charge is 0.497 e. The molecule has 0 saturated heterocycles. The van der Waals surface area contributed by atoms with Crippen molar-refractivity contribution in [3.8, 4) is 17.2 Å². The molecule has 0 saturated carbocycles. The fourth-order valence-electron chi connectivity index (χ4n) is 3.57. The number of ether oxygens (including phenoxy) is 3. The zero-order chi connectivity index (χ0) is 23.4. The molecule has 0 atom stereocenters. The maximum Gasteiger partial charge on any atom is 0.278 e. The Balaban J connectivity index is 1.74. The molecule has 0 radical (unpaired) electrons. The van der Waals surface area contributed by atoms with Crippen LogP contribution >= 0.6 is 0 Å². The van der Waals surface area contributed by atoms with Crippen LogP contribution in [-0.2, 0) is 16.1 Å². The Labute approximate surface area is 191 Å². The van der Waals surface area contributed by atoms with Crippen molar-refractivity contribution in [3.63, 3.8) is 0 Å². The molecule has 33 heavy (non-hydrogen) atoms.